The minimum atomic E-state index is -0.877. The van der Waals surface area contributed by atoms with Gasteiger partial charge in [-0.1, -0.05) is 19.8 Å². The highest BCUT2D eigenvalue weighted by Gasteiger charge is 2.23. The number of carboxylic acid groups (broad SMARTS) is 1. The Morgan fingerprint density at radius 2 is 2.25 bits per heavy atom. The quantitative estimate of drug-likeness (QED) is 0.730. The maximum Gasteiger partial charge on any atom is 0.332 e. The second-order valence-corrected chi connectivity index (χ2v) is 4.64. The molecule has 1 saturated carbocycles. The summed E-state index contributed by atoms with van der Waals surface area (Å²) in [6, 6.07) is 0. The number of aliphatic hydroxyl groups excluding tert-OH is 1. The van der Waals surface area contributed by atoms with Crippen LogP contribution in [0.5, 0.6) is 0 Å². The predicted octanol–water partition coefficient (Wildman–Crippen LogP) is 1.81. The Morgan fingerprint density at radius 1 is 1.50 bits per heavy atom. The van der Waals surface area contributed by atoms with Crippen LogP contribution in [0.3, 0.4) is 0 Å². The van der Waals surface area contributed by atoms with Gasteiger partial charge in [0.1, 0.15) is 0 Å². The Balaban J connectivity index is 2.28. The fraction of sp³-hybridized carbons (Fsp3) is 0.917. The van der Waals surface area contributed by atoms with E-state index in [1.54, 1.807) is 0 Å². The molecule has 0 radical (unpaired) electrons. The van der Waals surface area contributed by atoms with Crippen molar-refractivity contribution in [2.75, 3.05) is 6.61 Å². The summed E-state index contributed by atoms with van der Waals surface area (Å²) in [5.41, 5.74) is 0. The summed E-state index contributed by atoms with van der Waals surface area (Å²) >= 11 is 0. The Labute approximate surface area is 96.6 Å². The van der Waals surface area contributed by atoms with Crippen molar-refractivity contribution < 1.29 is 19.7 Å². The molecular weight excluding hydrogens is 208 g/mol. The van der Waals surface area contributed by atoms with Crippen LogP contribution in [-0.4, -0.2) is 35.0 Å². The van der Waals surface area contributed by atoms with Crippen LogP contribution in [0.4, 0.5) is 0 Å². The highest BCUT2D eigenvalue weighted by molar-refractivity contribution is 5.72. The molecule has 0 aromatic heterocycles. The summed E-state index contributed by atoms with van der Waals surface area (Å²) in [5, 5.41) is 18.4. The van der Waals surface area contributed by atoms with Crippen molar-refractivity contribution in [2.24, 2.45) is 5.92 Å². The lowest BCUT2D eigenvalue weighted by Gasteiger charge is -2.26. The van der Waals surface area contributed by atoms with Gasteiger partial charge >= 0.3 is 5.97 Å². The smallest absolute Gasteiger partial charge is 0.332 e. The van der Waals surface area contributed by atoms with Gasteiger partial charge < -0.3 is 14.9 Å². The zero-order valence-corrected chi connectivity index (χ0v) is 9.89. The highest BCUT2D eigenvalue weighted by Crippen LogP contribution is 2.24. The number of aliphatic carboxylic acids is 1. The number of rotatable bonds is 6. The Kier molecular flexibility index (Phi) is 5.77. The van der Waals surface area contributed by atoms with E-state index >= 15 is 0 Å². The molecule has 0 aliphatic heterocycles. The Hall–Kier alpha value is -0.610. The summed E-state index contributed by atoms with van der Waals surface area (Å²) in [5.74, 6) is -0.555. The van der Waals surface area contributed by atoms with Crippen LogP contribution in [0.15, 0.2) is 0 Å². The van der Waals surface area contributed by atoms with E-state index < -0.39 is 12.1 Å². The molecule has 16 heavy (non-hydrogen) atoms. The minimum Gasteiger partial charge on any atom is -0.479 e. The van der Waals surface area contributed by atoms with E-state index in [9.17, 15) is 9.90 Å². The Morgan fingerprint density at radius 3 is 2.81 bits per heavy atom. The van der Waals surface area contributed by atoms with Crippen LogP contribution in [0.25, 0.3) is 0 Å². The summed E-state index contributed by atoms with van der Waals surface area (Å²) < 4.78 is 5.42. The summed E-state index contributed by atoms with van der Waals surface area (Å²) in [4.78, 5) is 10.9. The van der Waals surface area contributed by atoms with E-state index in [2.05, 4.69) is 0 Å². The molecule has 0 aromatic carbocycles. The van der Waals surface area contributed by atoms with Crippen molar-refractivity contribution in [1.29, 1.82) is 0 Å². The normalized spacial score (nSPS) is 27.6. The van der Waals surface area contributed by atoms with Gasteiger partial charge in [0.05, 0.1) is 12.7 Å². The van der Waals surface area contributed by atoms with Gasteiger partial charge in [-0.2, -0.15) is 0 Å². The molecule has 0 aromatic rings. The zero-order chi connectivity index (χ0) is 12.0. The third-order valence-electron chi connectivity index (χ3n) is 3.11. The van der Waals surface area contributed by atoms with Crippen LogP contribution < -0.4 is 0 Å². The summed E-state index contributed by atoms with van der Waals surface area (Å²) in [6.07, 6.45) is 4.14. The fourth-order valence-corrected chi connectivity index (χ4v) is 2.21. The maximum atomic E-state index is 10.9. The maximum absolute atomic E-state index is 10.9. The second kappa shape index (κ2) is 6.86. The van der Waals surface area contributed by atoms with Crippen molar-refractivity contribution in [3.05, 3.63) is 0 Å². The molecule has 1 aliphatic carbocycles. The molecule has 0 saturated heterocycles. The molecule has 94 valence electrons. The van der Waals surface area contributed by atoms with Gasteiger partial charge in [-0.05, 0) is 31.6 Å². The first kappa shape index (κ1) is 13.5. The molecule has 1 fully saturated rings. The van der Waals surface area contributed by atoms with E-state index in [1.807, 2.05) is 6.92 Å². The molecule has 0 amide bonds. The van der Waals surface area contributed by atoms with Gasteiger partial charge in [-0.15, -0.1) is 0 Å². The Bertz CT molecular complexity index is 217. The van der Waals surface area contributed by atoms with Crippen molar-refractivity contribution in [1.82, 2.24) is 0 Å². The summed E-state index contributed by atoms with van der Waals surface area (Å²) in [7, 11) is 0. The first-order valence-corrected chi connectivity index (χ1v) is 6.16. The molecule has 1 rings (SSSR count). The lowest BCUT2D eigenvalue weighted by Crippen LogP contribution is -2.29. The standard InChI is InChI=1S/C12H22O4/c1-2-4-11(12(14)15)16-8-9-5-3-6-10(13)7-9/h9-11,13H,2-8H2,1H3,(H,14,15)/t9-,10+,11?/m0/s1. The average molecular weight is 230 g/mol. The van der Waals surface area contributed by atoms with Crippen LogP contribution in [0.1, 0.15) is 45.4 Å². The van der Waals surface area contributed by atoms with E-state index in [4.69, 9.17) is 9.84 Å². The molecule has 0 bridgehead atoms. The zero-order valence-electron chi connectivity index (χ0n) is 9.89. The number of carboxylic acids is 1. The van der Waals surface area contributed by atoms with Gasteiger partial charge in [0, 0.05) is 0 Å². The van der Waals surface area contributed by atoms with Gasteiger partial charge in [-0.25, -0.2) is 4.79 Å². The highest BCUT2D eigenvalue weighted by atomic mass is 16.5. The molecule has 2 N–H and O–H groups in total. The van der Waals surface area contributed by atoms with Crippen molar-refractivity contribution in [3.8, 4) is 0 Å². The number of carbonyl (C=O) groups is 1. The number of hydrogen-bond donors (Lipinski definition) is 2. The average Bonchev–Trinajstić information content (AvgIpc) is 2.24. The van der Waals surface area contributed by atoms with Crippen molar-refractivity contribution >= 4 is 5.97 Å². The molecule has 4 heteroatoms. The number of hydrogen-bond acceptors (Lipinski definition) is 3. The number of aliphatic hydroxyl groups is 1. The molecule has 0 heterocycles. The summed E-state index contributed by atoms with van der Waals surface area (Å²) in [6.45, 7) is 2.41. The van der Waals surface area contributed by atoms with Gasteiger partial charge in [0.15, 0.2) is 6.10 Å². The van der Waals surface area contributed by atoms with Crippen LogP contribution >= 0.6 is 0 Å². The molecule has 3 atom stereocenters. The van der Waals surface area contributed by atoms with Crippen molar-refractivity contribution in [3.63, 3.8) is 0 Å². The monoisotopic (exact) mass is 230 g/mol. The second-order valence-electron chi connectivity index (χ2n) is 4.64. The van der Waals surface area contributed by atoms with Crippen LogP contribution in [-0.2, 0) is 9.53 Å². The molecule has 4 nitrogen and oxygen atoms in total. The lowest BCUT2D eigenvalue weighted by atomic mass is 9.88. The lowest BCUT2D eigenvalue weighted by molar-refractivity contribution is -0.152. The largest absolute Gasteiger partial charge is 0.479 e. The van der Waals surface area contributed by atoms with Crippen LogP contribution in [0.2, 0.25) is 0 Å². The van der Waals surface area contributed by atoms with Crippen molar-refractivity contribution in [2.45, 2.75) is 57.7 Å². The number of ether oxygens (including phenoxy) is 1. The third-order valence-corrected chi connectivity index (χ3v) is 3.11. The third kappa shape index (κ3) is 4.49. The van der Waals surface area contributed by atoms with E-state index in [-0.39, 0.29) is 6.10 Å². The topological polar surface area (TPSA) is 66.8 Å². The molecule has 1 aliphatic rings. The first-order valence-electron chi connectivity index (χ1n) is 6.16. The van der Waals surface area contributed by atoms with Gasteiger partial charge in [0.25, 0.3) is 0 Å². The molecule has 0 spiro atoms. The van der Waals surface area contributed by atoms with E-state index in [0.717, 1.165) is 32.1 Å². The SMILES string of the molecule is CCCC(OC[C@H]1CCC[C@@H](O)C1)C(=O)O. The van der Waals surface area contributed by atoms with Gasteiger partial charge in [0.2, 0.25) is 0 Å². The predicted molar refractivity (Wildman–Crippen MR) is 60.2 cm³/mol. The van der Waals surface area contributed by atoms with Crippen LogP contribution in [0, 0.1) is 5.92 Å². The molecule has 1 unspecified atom stereocenters. The van der Waals surface area contributed by atoms with Gasteiger partial charge in [-0.3, -0.25) is 0 Å². The van der Waals surface area contributed by atoms with E-state index in [0.29, 0.717) is 18.9 Å². The minimum absolute atomic E-state index is 0.225. The molecular formula is C12H22O4. The first-order chi connectivity index (χ1) is 7.63. The van der Waals surface area contributed by atoms with E-state index in [1.165, 1.54) is 0 Å². The fourth-order valence-electron chi connectivity index (χ4n) is 2.21.